The van der Waals surface area contributed by atoms with Crippen LogP contribution in [0.3, 0.4) is 0 Å². The predicted octanol–water partition coefficient (Wildman–Crippen LogP) is 0.467. The lowest BCUT2D eigenvalue weighted by Gasteiger charge is -2.42. The van der Waals surface area contributed by atoms with Gasteiger partial charge in [0.1, 0.15) is 0 Å². The topological polar surface area (TPSA) is 78.9 Å². The van der Waals surface area contributed by atoms with Gasteiger partial charge in [-0.25, -0.2) is 0 Å². The second kappa shape index (κ2) is 7.04. The molecule has 2 aliphatic rings. The first-order valence-corrected chi connectivity index (χ1v) is 7.44. The first-order chi connectivity index (χ1) is 9.60. The van der Waals surface area contributed by atoms with Crippen LogP contribution in [0.5, 0.6) is 0 Å². The Hall–Kier alpha value is -1.14. The quantitative estimate of drug-likeness (QED) is 0.741. The highest BCUT2D eigenvalue weighted by atomic mass is 16.5. The molecule has 1 unspecified atom stereocenters. The first-order valence-electron chi connectivity index (χ1n) is 7.44. The van der Waals surface area contributed by atoms with Gasteiger partial charge in [0.05, 0.1) is 19.1 Å². The summed E-state index contributed by atoms with van der Waals surface area (Å²) in [5.74, 6) is -0.711. The van der Waals surface area contributed by atoms with Crippen LogP contribution in [0.2, 0.25) is 0 Å². The maximum absolute atomic E-state index is 12.0. The number of carboxylic acids is 1. The third kappa shape index (κ3) is 3.93. The van der Waals surface area contributed by atoms with Crippen LogP contribution in [0.1, 0.15) is 32.6 Å². The van der Waals surface area contributed by atoms with Crippen LogP contribution in [-0.4, -0.2) is 60.3 Å². The number of carbonyl (C=O) groups excluding carboxylic acids is 1. The van der Waals surface area contributed by atoms with Crippen LogP contribution < -0.4 is 5.32 Å². The molecule has 1 aliphatic carbocycles. The molecule has 6 nitrogen and oxygen atoms in total. The maximum atomic E-state index is 12.0. The van der Waals surface area contributed by atoms with Crippen molar-refractivity contribution in [3.8, 4) is 0 Å². The van der Waals surface area contributed by atoms with E-state index in [0.717, 1.165) is 38.8 Å². The lowest BCUT2D eigenvalue weighted by Crippen LogP contribution is -2.56. The molecule has 1 heterocycles. The van der Waals surface area contributed by atoms with Gasteiger partial charge in [-0.1, -0.05) is 6.92 Å². The van der Waals surface area contributed by atoms with Crippen LogP contribution in [0.15, 0.2) is 0 Å². The SMILES string of the molecule is CCN(CC(=O)O)C1CC(NC(=O)C2CCCOC2)C1. The Morgan fingerprint density at radius 3 is 2.70 bits per heavy atom. The molecule has 1 saturated carbocycles. The summed E-state index contributed by atoms with van der Waals surface area (Å²) in [5, 5.41) is 11.9. The number of carbonyl (C=O) groups is 2. The Labute approximate surface area is 119 Å². The Bertz CT molecular complexity index is 349. The second-order valence-corrected chi connectivity index (χ2v) is 5.70. The number of likely N-dealkylation sites (N-methyl/N-ethyl adjacent to an activating group) is 1. The van der Waals surface area contributed by atoms with Crippen molar-refractivity contribution in [2.75, 3.05) is 26.3 Å². The van der Waals surface area contributed by atoms with Crippen molar-refractivity contribution in [3.63, 3.8) is 0 Å². The monoisotopic (exact) mass is 284 g/mol. The van der Waals surface area contributed by atoms with Crippen LogP contribution in [0, 0.1) is 5.92 Å². The van der Waals surface area contributed by atoms with Gasteiger partial charge in [0.2, 0.25) is 5.91 Å². The highest BCUT2D eigenvalue weighted by Gasteiger charge is 2.35. The first kappa shape index (κ1) is 15.3. The molecular formula is C14H24N2O4. The second-order valence-electron chi connectivity index (χ2n) is 5.70. The maximum Gasteiger partial charge on any atom is 0.317 e. The summed E-state index contributed by atoms with van der Waals surface area (Å²) in [6.07, 6.45) is 3.55. The lowest BCUT2D eigenvalue weighted by atomic mass is 9.84. The normalized spacial score (nSPS) is 29.8. The Morgan fingerprint density at radius 2 is 2.15 bits per heavy atom. The van der Waals surface area contributed by atoms with E-state index in [2.05, 4.69) is 5.32 Å². The number of aliphatic carboxylic acids is 1. The zero-order valence-corrected chi connectivity index (χ0v) is 12.0. The number of nitrogens with one attached hydrogen (secondary N) is 1. The van der Waals surface area contributed by atoms with Gasteiger partial charge < -0.3 is 15.2 Å². The van der Waals surface area contributed by atoms with Gasteiger partial charge in [-0.3, -0.25) is 14.5 Å². The van der Waals surface area contributed by atoms with Gasteiger partial charge in [-0.2, -0.15) is 0 Å². The minimum Gasteiger partial charge on any atom is -0.480 e. The van der Waals surface area contributed by atoms with E-state index in [0.29, 0.717) is 6.61 Å². The van der Waals surface area contributed by atoms with Crippen molar-refractivity contribution in [3.05, 3.63) is 0 Å². The summed E-state index contributed by atoms with van der Waals surface area (Å²) < 4.78 is 5.32. The molecule has 0 aromatic rings. The summed E-state index contributed by atoms with van der Waals surface area (Å²) in [6, 6.07) is 0.473. The molecule has 0 spiro atoms. The molecule has 2 N–H and O–H groups in total. The van der Waals surface area contributed by atoms with Crippen molar-refractivity contribution in [1.29, 1.82) is 0 Å². The molecule has 0 bridgehead atoms. The van der Waals surface area contributed by atoms with E-state index < -0.39 is 5.97 Å². The largest absolute Gasteiger partial charge is 0.480 e. The van der Waals surface area contributed by atoms with Crippen molar-refractivity contribution in [1.82, 2.24) is 10.2 Å². The fraction of sp³-hybridized carbons (Fsp3) is 0.857. The molecule has 1 amide bonds. The van der Waals surface area contributed by atoms with Crippen molar-refractivity contribution in [2.24, 2.45) is 5.92 Å². The van der Waals surface area contributed by atoms with Gasteiger partial charge in [0.25, 0.3) is 0 Å². The Balaban J connectivity index is 1.70. The zero-order chi connectivity index (χ0) is 14.5. The molecule has 2 fully saturated rings. The summed E-state index contributed by atoms with van der Waals surface area (Å²) in [4.78, 5) is 24.7. The average Bonchev–Trinajstić information content (AvgIpc) is 2.40. The van der Waals surface area contributed by atoms with E-state index in [1.54, 1.807) is 0 Å². The molecule has 6 heteroatoms. The van der Waals surface area contributed by atoms with Crippen molar-refractivity contribution < 1.29 is 19.4 Å². The van der Waals surface area contributed by atoms with Crippen LogP contribution in [-0.2, 0) is 14.3 Å². The lowest BCUT2D eigenvalue weighted by molar-refractivity contribution is -0.140. The van der Waals surface area contributed by atoms with Crippen LogP contribution in [0.25, 0.3) is 0 Å². The molecule has 0 aromatic heterocycles. The Kier molecular flexibility index (Phi) is 5.37. The van der Waals surface area contributed by atoms with Gasteiger partial charge in [0, 0.05) is 18.7 Å². The summed E-state index contributed by atoms with van der Waals surface area (Å²) >= 11 is 0. The van der Waals surface area contributed by atoms with E-state index in [9.17, 15) is 9.59 Å². The smallest absolute Gasteiger partial charge is 0.317 e. The van der Waals surface area contributed by atoms with E-state index in [4.69, 9.17) is 9.84 Å². The van der Waals surface area contributed by atoms with E-state index in [1.807, 2.05) is 11.8 Å². The van der Waals surface area contributed by atoms with E-state index in [1.165, 1.54) is 0 Å². The molecule has 0 radical (unpaired) electrons. The molecule has 0 aromatic carbocycles. The molecule has 1 saturated heterocycles. The standard InChI is InChI=1S/C14H24N2O4/c1-2-16(8-13(17)18)12-6-11(7-12)15-14(19)10-4-3-5-20-9-10/h10-12H,2-9H2,1H3,(H,15,19)(H,17,18). The number of carboxylic acid groups (broad SMARTS) is 1. The minimum absolute atomic E-state index is 0.0101. The number of rotatable bonds is 6. The summed E-state index contributed by atoms with van der Waals surface area (Å²) in [7, 11) is 0. The van der Waals surface area contributed by atoms with Crippen molar-refractivity contribution >= 4 is 11.9 Å². The van der Waals surface area contributed by atoms with Gasteiger partial charge in [0.15, 0.2) is 0 Å². The molecule has 2 rings (SSSR count). The molecular weight excluding hydrogens is 260 g/mol. The zero-order valence-electron chi connectivity index (χ0n) is 12.0. The molecule has 1 atom stereocenters. The van der Waals surface area contributed by atoms with Crippen molar-refractivity contribution in [2.45, 2.75) is 44.7 Å². The number of amides is 1. The van der Waals surface area contributed by atoms with Crippen LogP contribution in [0.4, 0.5) is 0 Å². The van der Waals surface area contributed by atoms with Gasteiger partial charge in [-0.15, -0.1) is 0 Å². The highest BCUT2D eigenvalue weighted by Crippen LogP contribution is 2.26. The van der Waals surface area contributed by atoms with E-state index >= 15 is 0 Å². The average molecular weight is 284 g/mol. The molecule has 1 aliphatic heterocycles. The van der Waals surface area contributed by atoms with Gasteiger partial charge >= 0.3 is 5.97 Å². The van der Waals surface area contributed by atoms with Gasteiger partial charge in [-0.05, 0) is 32.2 Å². The van der Waals surface area contributed by atoms with E-state index in [-0.39, 0.29) is 30.5 Å². The fourth-order valence-corrected chi connectivity index (χ4v) is 2.94. The molecule has 20 heavy (non-hydrogen) atoms. The fourth-order valence-electron chi connectivity index (χ4n) is 2.94. The minimum atomic E-state index is -0.793. The number of hydrogen-bond donors (Lipinski definition) is 2. The Morgan fingerprint density at radius 1 is 1.40 bits per heavy atom. The number of ether oxygens (including phenoxy) is 1. The summed E-state index contributed by atoms with van der Waals surface area (Å²) in [6.45, 7) is 4.07. The third-order valence-electron chi connectivity index (χ3n) is 4.25. The predicted molar refractivity (Wildman–Crippen MR) is 73.4 cm³/mol. The summed E-state index contributed by atoms with van der Waals surface area (Å²) in [5.41, 5.74) is 0. The number of nitrogens with zero attached hydrogens (tertiary/aromatic N) is 1. The highest BCUT2D eigenvalue weighted by molar-refractivity contribution is 5.79. The van der Waals surface area contributed by atoms with Crippen LogP contribution >= 0.6 is 0 Å². The molecule has 114 valence electrons. The third-order valence-corrected chi connectivity index (χ3v) is 4.25. The number of hydrogen-bond acceptors (Lipinski definition) is 4.